The maximum Gasteiger partial charge on any atom is 0.260 e. The number of aromatic nitrogens is 2. The molecule has 1 heterocycles. The van der Waals surface area contributed by atoms with E-state index in [0.29, 0.717) is 11.3 Å². The van der Waals surface area contributed by atoms with Gasteiger partial charge in [-0.2, -0.15) is 9.36 Å². The zero-order valence-corrected chi connectivity index (χ0v) is 13.9. The molecule has 0 radical (unpaired) electrons. The van der Waals surface area contributed by atoms with Gasteiger partial charge >= 0.3 is 0 Å². The maximum atomic E-state index is 12.0. The van der Waals surface area contributed by atoms with Crippen LogP contribution in [0.25, 0.3) is 0 Å². The molecular formula is C13H15N3O4S2. The predicted molar refractivity (Wildman–Crippen MR) is 83.2 cm³/mol. The highest BCUT2D eigenvalue weighted by molar-refractivity contribution is 7.90. The standard InChI is InChI=1S/C13H15N3O4S2/c1-8(2)20-10-6-4-9(5-7-10)11(17)14-12-15-13(16-21-12)22(3,18)19/h4-8H,1-3H3,(H,14,15,16,17). The monoisotopic (exact) mass is 341 g/mol. The molecule has 0 bridgehead atoms. The van der Waals surface area contributed by atoms with Gasteiger partial charge in [-0.05, 0) is 38.1 Å². The van der Waals surface area contributed by atoms with Crippen LogP contribution in [0.5, 0.6) is 5.75 Å². The first-order valence-electron chi connectivity index (χ1n) is 6.37. The van der Waals surface area contributed by atoms with Crippen molar-refractivity contribution in [3.8, 4) is 5.75 Å². The number of rotatable bonds is 5. The van der Waals surface area contributed by atoms with Crippen LogP contribution in [-0.4, -0.2) is 36.0 Å². The van der Waals surface area contributed by atoms with Crippen LogP contribution in [0.3, 0.4) is 0 Å². The third kappa shape index (κ3) is 4.25. The number of hydrogen-bond donors (Lipinski definition) is 1. The van der Waals surface area contributed by atoms with E-state index in [9.17, 15) is 13.2 Å². The number of hydrogen-bond acceptors (Lipinski definition) is 7. The van der Waals surface area contributed by atoms with Gasteiger partial charge in [0.1, 0.15) is 5.75 Å². The Morgan fingerprint density at radius 1 is 1.27 bits per heavy atom. The molecule has 2 aromatic rings. The summed E-state index contributed by atoms with van der Waals surface area (Å²) >= 11 is 0.814. The van der Waals surface area contributed by atoms with Crippen LogP contribution in [0.1, 0.15) is 24.2 Å². The number of anilines is 1. The van der Waals surface area contributed by atoms with Gasteiger partial charge in [0.2, 0.25) is 15.0 Å². The van der Waals surface area contributed by atoms with Crippen LogP contribution < -0.4 is 10.1 Å². The second-order valence-electron chi connectivity index (χ2n) is 4.80. The largest absolute Gasteiger partial charge is 0.491 e. The summed E-state index contributed by atoms with van der Waals surface area (Å²) in [6, 6.07) is 6.62. The molecule has 0 spiro atoms. The molecule has 0 atom stereocenters. The van der Waals surface area contributed by atoms with Crippen molar-refractivity contribution in [2.45, 2.75) is 25.1 Å². The van der Waals surface area contributed by atoms with E-state index in [0.717, 1.165) is 17.8 Å². The zero-order valence-electron chi connectivity index (χ0n) is 12.2. The lowest BCUT2D eigenvalue weighted by atomic mass is 10.2. The van der Waals surface area contributed by atoms with Crippen LogP contribution >= 0.6 is 11.5 Å². The van der Waals surface area contributed by atoms with Crippen molar-refractivity contribution in [1.82, 2.24) is 9.36 Å². The maximum absolute atomic E-state index is 12.0. The number of sulfone groups is 1. The third-order valence-corrected chi connectivity index (χ3v) is 4.04. The molecule has 2 rings (SSSR count). The van der Waals surface area contributed by atoms with Gasteiger partial charge in [-0.25, -0.2) is 8.42 Å². The van der Waals surface area contributed by atoms with Crippen LogP contribution in [0.4, 0.5) is 5.13 Å². The molecule has 0 aliphatic rings. The van der Waals surface area contributed by atoms with E-state index in [-0.39, 0.29) is 16.4 Å². The molecule has 22 heavy (non-hydrogen) atoms. The Bertz CT molecular complexity index is 767. The van der Waals surface area contributed by atoms with Gasteiger partial charge in [0, 0.05) is 23.4 Å². The molecule has 0 saturated heterocycles. The zero-order chi connectivity index (χ0) is 16.3. The molecule has 0 unspecified atom stereocenters. The minimum atomic E-state index is -3.48. The summed E-state index contributed by atoms with van der Waals surface area (Å²) in [6.07, 6.45) is 1.06. The van der Waals surface area contributed by atoms with Gasteiger partial charge < -0.3 is 4.74 Å². The molecule has 1 aromatic carbocycles. The van der Waals surface area contributed by atoms with E-state index in [4.69, 9.17) is 4.74 Å². The first kappa shape index (κ1) is 16.4. The summed E-state index contributed by atoms with van der Waals surface area (Å²) in [6.45, 7) is 3.82. The smallest absolute Gasteiger partial charge is 0.260 e. The molecule has 1 N–H and O–H groups in total. The van der Waals surface area contributed by atoms with Crippen molar-refractivity contribution in [2.24, 2.45) is 0 Å². The first-order valence-corrected chi connectivity index (χ1v) is 9.04. The van der Waals surface area contributed by atoms with Crippen molar-refractivity contribution in [3.05, 3.63) is 29.8 Å². The van der Waals surface area contributed by atoms with Gasteiger partial charge in [-0.1, -0.05) is 0 Å². The summed E-state index contributed by atoms with van der Waals surface area (Å²) in [5.41, 5.74) is 0.409. The molecule has 7 nitrogen and oxygen atoms in total. The fraction of sp³-hybridized carbons (Fsp3) is 0.308. The highest BCUT2D eigenvalue weighted by Gasteiger charge is 2.16. The lowest BCUT2D eigenvalue weighted by Crippen LogP contribution is -2.12. The van der Waals surface area contributed by atoms with Gasteiger partial charge in [0.05, 0.1) is 6.10 Å². The van der Waals surface area contributed by atoms with E-state index in [1.165, 1.54) is 0 Å². The number of nitrogens with zero attached hydrogens (tertiary/aromatic N) is 2. The number of amides is 1. The summed E-state index contributed by atoms with van der Waals surface area (Å²) in [5, 5.41) is 2.35. The Morgan fingerprint density at radius 2 is 1.91 bits per heavy atom. The fourth-order valence-corrected chi connectivity index (χ4v) is 2.98. The molecule has 0 saturated carbocycles. The van der Waals surface area contributed by atoms with Gasteiger partial charge in [0.15, 0.2) is 0 Å². The third-order valence-electron chi connectivity index (χ3n) is 2.45. The average Bonchev–Trinajstić information content (AvgIpc) is 2.87. The molecule has 1 amide bonds. The Balaban J connectivity index is 2.07. The molecule has 118 valence electrons. The second kappa shape index (κ2) is 6.41. The van der Waals surface area contributed by atoms with E-state index >= 15 is 0 Å². The highest BCUT2D eigenvalue weighted by Crippen LogP contribution is 2.17. The average molecular weight is 341 g/mol. The van der Waals surface area contributed by atoms with Crippen molar-refractivity contribution in [3.63, 3.8) is 0 Å². The minimum Gasteiger partial charge on any atom is -0.491 e. The van der Waals surface area contributed by atoms with Crippen molar-refractivity contribution in [1.29, 1.82) is 0 Å². The van der Waals surface area contributed by atoms with Crippen molar-refractivity contribution < 1.29 is 17.9 Å². The van der Waals surface area contributed by atoms with Crippen molar-refractivity contribution >= 4 is 32.4 Å². The summed E-state index contributed by atoms with van der Waals surface area (Å²) < 4.78 is 31.7. The first-order chi connectivity index (χ1) is 10.3. The summed E-state index contributed by atoms with van der Waals surface area (Å²) in [7, 11) is -3.48. The summed E-state index contributed by atoms with van der Waals surface area (Å²) in [5.74, 6) is 0.272. The molecular weight excluding hydrogens is 326 g/mol. The number of carbonyl (C=O) groups is 1. The number of benzene rings is 1. The van der Waals surface area contributed by atoms with Crippen LogP contribution in [0, 0.1) is 0 Å². The minimum absolute atomic E-state index is 0.0514. The molecule has 0 aliphatic heterocycles. The topological polar surface area (TPSA) is 98.2 Å². The molecule has 0 fully saturated rings. The Kier molecular flexibility index (Phi) is 4.77. The molecule has 9 heteroatoms. The Hall–Kier alpha value is -2.00. The number of carbonyl (C=O) groups excluding carboxylic acids is 1. The number of ether oxygens (including phenoxy) is 1. The lowest BCUT2D eigenvalue weighted by Gasteiger charge is -2.09. The SMILES string of the molecule is CC(C)Oc1ccc(C(=O)Nc2nc(S(C)(=O)=O)ns2)cc1. The number of nitrogens with one attached hydrogen (secondary N) is 1. The van der Waals surface area contributed by atoms with Crippen molar-refractivity contribution in [2.75, 3.05) is 11.6 Å². The van der Waals surface area contributed by atoms with E-state index in [1.54, 1.807) is 24.3 Å². The van der Waals surface area contributed by atoms with Gasteiger partial charge in [-0.15, -0.1) is 0 Å². The second-order valence-corrected chi connectivity index (χ2v) is 7.46. The fourth-order valence-electron chi connectivity index (χ4n) is 1.54. The van der Waals surface area contributed by atoms with Crippen LogP contribution in [0.2, 0.25) is 0 Å². The normalized spacial score (nSPS) is 11.5. The van der Waals surface area contributed by atoms with E-state index in [2.05, 4.69) is 14.7 Å². The quantitative estimate of drug-likeness (QED) is 0.893. The molecule has 0 aliphatic carbocycles. The predicted octanol–water partition coefficient (Wildman–Crippen LogP) is 1.98. The Morgan fingerprint density at radius 3 is 2.41 bits per heavy atom. The lowest BCUT2D eigenvalue weighted by molar-refractivity contribution is 0.102. The van der Waals surface area contributed by atoms with Gasteiger partial charge in [-0.3, -0.25) is 10.1 Å². The Labute approximate surface area is 132 Å². The summed E-state index contributed by atoms with van der Waals surface area (Å²) in [4.78, 5) is 15.8. The van der Waals surface area contributed by atoms with Crippen LogP contribution in [0.15, 0.2) is 29.4 Å². The highest BCUT2D eigenvalue weighted by atomic mass is 32.2. The van der Waals surface area contributed by atoms with Crippen LogP contribution in [-0.2, 0) is 9.84 Å². The van der Waals surface area contributed by atoms with E-state index < -0.39 is 15.7 Å². The van der Waals surface area contributed by atoms with E-state index in [1.807, 2.05) is 13.8 Å². The van der Waals surface area contributed by atoms with Gasteiger partial charge in [0.25, 0.3) is 11.1 Å². The molecule has 1 aromatic heterocycles.